The van der Waals surface area contributed by atoms with Crippen molar-refractivity contribution in [1.82, 2.24) is 10.6 Å². The van der Waals surface area contributed by atoms with Crippen molar-refractivity contribution in [2.24, 2.45) is 9.98 Å². The molecule has 0 radical (unpaired) electrons. The lowest BCUT2D eigenvalue weighted by Crippen LogP contribution is -2.41. The van der Waals surface area contributed by atoms with Gasteiger partial charge in [-0.15, -0.1) is 13.2 Å². The fraction of sp³-hybridized carbons (Fsp3) is 0.200. The Bertz CT molecular complexity index is 1430. The van der Waals surface area contributed by atoms with Gasteiger partial charge in [0.1, 0.15) is 17.4 Å². The van der Waals surface area contributed by atoms with E-state index in [1.807, 2.05) is 13.0 Å². The molecule has 0 saturated carbocycles. The third-order valence-corrected chi connectivity index (χ3v) is 5.19. The minimum Gasteiger partial charge on any atom is -0.406 e. The Morgan fingerprint density at radius 2 is 1.70 bits per heavy atom. The molecule has 3 N–H and O–H groups in total. The van der Waals surface area contributed by atoms with E-state index in [-0.39, 0.29) is 29.8 Å². The normalized spacial score (nSPS) is 12.7. The molecule has 238 valence electrons. The maximum absolute atomic E-state index is 13.5. The number of nitrogens with zero attached hydrogens (tertiary/aromatic N) is 2. The van der Waals surface area contributed by atoms with E-state index < -0.39 is 23.9 Å². The van der Waals surface area contributed by atoms with E-state index in [0.29, 0.717) is 22.5 Å². The van der Waals surface area contributed by atoms with Gasteiger partial charge in [-0.05, 0) is 61.4 Å². The molecule has 0 spiro atoms. The van der Waals surface area contributed by atoms with Gasteiger partial charge < -0.3 is 20.7 Å². The molecule has 0 saturated heterocycles. The number of amidine groups is 1. The van der Waals surface area contributed by atoms with Crippen LogP contribution in [0.2, 0.25) is 0 Å². The number of nitrogens with one attached hydrogen (secondary N) is 3. The Labute approximate surface area is 256 Å². The van der Waals surface area contributed by atoms with E-state index in [2.05, 4.69) is 50.4 Å². The Morgan fingerprint density at radius 1 is 1.02 bits per heavy atom. The third-order valence-electron chi connectivity index (χ3n) is 5.07. The number of hydrogen-bond donors (Lipinski definition) is 3. The average Bonchev–Trinajstić information content (AvgIpc) is 2.92. The molecule has 0 aliphatic heterocycles. The van der Waals surface area contributed by atoms with Gasteiger partial charge in [-0.3, -0.25) is 4.99 Å². The Morgan fingerprint density at radius 3 is 2.25 bits per heavy atom. The maximum Gasteiger partial charge on any atom is 0.573 e. The van der Waals surface area contributed by atoms with Crippen LogP contribution in [0.3, 0.4) is 0 Å². The van der Waals surface area contributed by atoms with Crippen molar-refractivity contribution in [3.05, 3.63) is 114 Å². The Hall–Kier alpha value is -4.52. The van der Waals surface area contributed by atoms with E-state index >= 15 is 0 Å². The standard InChI is InChI=1S/C21H24ClF4N5.C9H7F3O/c1-6-16(8-7-13(2)22)12-28-20(30-14(3)27-5)31-15(4)29-17-9-10-19(23)18(11-17)21(24,25)26;1-2-7-4-3-5-8(6-7)13-9(10,11)12/h6-11,29H,2,4,12H2,1,3,5H3,(H2,27,28,30,31);2-6H,1H2/b8-7-,16-6+;. The molecule has 14 heteroatoms. The third kappa shape index (κ3) is 15.1. The summed E-state index contributed by atoms with van der Waals surface area (Å²) in [6, 6.07) is 8.17. The molecule has 0 bridgehead atoms. The van der Waals surface area contributed by atoms with E-state index in [0.717, 1.165) is 11.6 Å². The van der Waals surface area contributed by atoms with Crippen LogP contribution in [0.5, 0.6) is 5.75 Å². The molecule has 0 aromatic heterocycles. The summed E-state index contributed by atoms with van der Waals surface area (Å²) in [5.41, 5.74) is 0.0449. The SMILES string of the molecule is C=C(Cl)/C=C\C(=C/C)CN=C(NC(=C)Nc1ccc(F)c(C(F)(F)F)c1)NC(C)=NC.C=Cc1cccc(OC(F)(F)F)c1. The largest absolute Gasteiger partial charge is 0.573 e. The predicted octanol–water partition coefficient (Wildman–Crippen LogP) is 8.79. The van der Waals surface area contributed by atoms with Crippen LogP contribution < -0.4 is 20.7 Å². The minimum absolute atomic E-state index is 0.00385. The molecular weight excluding hydrogens is 615 g/mol. The summed E-state index contributed by atoms with van der Waals surface area (Å²) in [7, 11) is 1.58. The zero-order chi connectivity index (χ0) is 33.5. The number of rotatable bonds is 9. The minimum atomic E-state index is -4.82. The van der Waals surface area contributed by atoms with E-state index in [1.54, 1.807) is 32.2 Å². The van der Waals surface area contributed by atoms with Gasteiger partial charge in [0, 0.05) is 17.8 Å². The number of anilines is 1. The number of benzene rings is 2. The van der Waals surface area contributed by atoms with E-state index in [9.17, 15) is 30.7 Å². The topological polar surface area (TPSA) is 70.0 Å². The molecule has 0 aliphatic rings. The molecule has 2 aromatic carbocycles. The van der Waals surface area contributed by atoms with Gasteiger partial charge in [-0.2, -0.15) is 13.2 Å². The van der Waals surface area contributed by atoms with Gasteiger partial charge in [0.05, 0.1) is 17.9 Å². The number of allylic oxidation sites excluding steroid dienone is 3. The summed E-state index contributed by atoms with van der Waals surface area (Å²) in [5.74, 6) is -0.698. The number of aliphatic imine (C=N–C) groups is 2. The second-order valence-electron chi connectivity index (χ2n) is 8.49. The van der Waals surface area contributed by atoms with Crippen molar-refractivity contribution in [2.45, 2.75) is 26.4 Å². The molecule has 0 unspecified atom stereocenters. The van der Waals surface area contributed by atoms with Crippen LogP contribution in [0.4, 0.5) is 36.4 Å². The maximum atomic E-state index is 13.5. The quantitative estimate of drug-likeness (QED) is 0.110. The van der Waals surface area contributed by atoms with E-state index in [1.165, 1.54) is 30.3 Å². The average molecular weight is 646 g/mol. The highest BCUT2D eigenvalue weighted by molar-refractivity contribution is 6.30. The molecule has 0 amide bonds. The zero-order valence-corrected chi connectivity index (χ0v) is 24.8. The second kappa shape index (κ2) is 17.6. The first-order valence-corrected chi connectivity index (χ1v) is 12.9. The zero-order valence-electron chi connectivity index (χ0n) is 24.0. The summed E-state index contributed by atoms with van der Waals surface area (Å²) in [4.78, 5) is 8.38. The summed E-state index contributed by atoms with van der Waals surface area (Å²) >= 11 is 5.73. The van der Waals surface area contributed by atoms with Crippen LogP contribution >= 0.6 is 11.6 Å². The van der Waals surface area contributed by atoms with Crippen molar-refractivity contribution in [1.29, 1.82) is 0 Å². The van der Waals surface area contributed by atoms with Gasteiger partial charge in [-0.25, -0.2) is 9.38 Å². The van der Waals surface area contributed by atoms with Gasteiger partial charge in [-0.1, -0.05) is 61.7 Å². The lowest BCUT2D eigenvalue weighted by Gasteiger charge is -2.17. The fourth-order valence-electron chi connectivity index (χ4n) is 2.95. The summed E-state index contributed by atoms with van der Waals surface area (Å²) in [6.07, 6.45) is -2.80. The molecule has 0 fully saturated rings. The summed E-state index contributed by atoms with van der Waals surface area (Å²) < 4.78 is 91.1. The molecule has 6 nitrogen and oxygen atoms in total. The molecule has 0 heterocycles. The smallest absolute Gasteiger partial charge is 0.406 e. The predicted molar refractivity (Wildman–Crippen MR) is 163 cm³/mol. The van der Waals surface area contributed by atoms with Crippen molar-refractivity contribution in [2.75, 3.05) is 18.9 Å². The number of ether oxygens (including phenoxy) is 1. The number of guanidine groups is 1. The molecule has 0 atom stereocenters. The van der Waals surface area contributed by atoms with Crippen LogP contribution in [0.15, 0.2) is 107 Å². The van der Waals surface area contributed by atoms with Gasteiger partial charge in [0.25, 0.3) is 0 Å². The summed E-state index contributed by atoms with van der Waals surface area (Å²) in [6.45, 7) is 14.5. The van der Waals surface area contributed by atoms with Crippen LogP contribution in [0.1, 0.15) is 25.0 Å². The van der Waals surface area contributed by atoms with Crippen LogP contribution in [0.25, 0.3) is 6.08 Å². The van der Waals surface area contributed by atoms with Crippen molar-refractivity contribution < 1.29 is 35.5 Å². The molecule has 2 rings (SSSR count). The lowest BCUT2D eigenvalue weighted by atomic mass is 10.2. The van der Waals surface area contributed by atoms with Crippen LogP contribution in [0, 0.1) is 5.82 Å². The van der Waals surface area contributed by atoms with Crippen LogP contribution in [-0.4, -0.2) is 31.7 Å². The van der Waals surface area contributed by atoms with Crippen LogP contribution in [-0.2, 0) is 6.18 Å². The first-order valence-electron chi connectivity index (χ1n) is 12.5. The molecule has 44 heavy (non-hydrogen) atoms. The van der Waals surface area contributed by atoms with Crippen molar-refractivity contribution in [3.63, 3.8) is 0 Å². The first kappa shape index (κ1) is 37.5. The first-order chi connectivity index (χ1) is 20.5. The molecular formula is C30H31ClF7N5O. The van der Waals surface area contributed by atoms with E-state index in [4.69, 9.17) is 11.6 Å². The Kier molecular flexibility index (Phi) is 15.0. The number of alkyl halides is 6. The van der Waals surface area contributed by atoms with Gasteiger partial charge >= 0.3 is 12.5 Å². The summed E-state index contributed by atoms with van der Waals surface area (Å²) in [5, 5.41) is 8.78. The second-order valence-corrected chi connectivity index (χ2v) is 8.97. The highest BCUT2D eigenvalue weighted by Gasteiger charge is 2.34. The van der Waals surface area contributed by atoms with Crippen molar-refractivity contribution >= 4 is 35.2 Å². The van der Waals surface area contributed by atoms with Gasteiger partial charge in [0.2, 0.25) is 5.96 Å². The molecule has 2 aromatic rings. The highest BCUT2D eigenvalue weighted by atomic mass is 35.5. The fourth-order valence-corrected chi connectivity index (χ4v) is 3.02. The number of hydrogen-bond acceptors (Lipinski definition) is 4. The highest BCUT2D eigenvalue weighted by Crippen LogP contribution is 2.33. The number of halogens is 8. The monoisotopic (exact) mass is 645 g/mol. The van der Waals surface area contributed by atoms with Gasteiger partial charge in [0.15, 0.2) is 0 Å². The molecule has 0 aliphatic carbocycles. The Balaban J connectivity index is 0.000000617. The van der Waals surface area contributed by atoms with Crippen molar-refractivity contribution in [3.8, 4) is 5.75 Å². The lowest BCUT2D eigenvalue weighted by molar-refractivity contribution is -0.274.